The van der Waals surface area contributed by atoms with Crippen LogP contribution in [0.25, 0.3) is 0 Å². The van der Waals surface area contributed by atoms with Crippen LogP contribution in [0.5, 0.6) is 5.75 Å². The Morgan fingerprint density at radius 3 is 2.47 bits per heavy atom. The summed E-state index contributed by atoms with van der Waals surface area (Å²) in [7, 11) is 1.69. The Balaban J connectivity index is 1.98. The van der Waals surface area contributed by atoms with E-state index < -0.39 is 0 Å². The Labute approximate surface area is 126 Å². The van der Waals surface area contributed by atoms with Crippen LogP contribution in [0.3, 0.4) is 0 Å². The van der Waals surface area contributed by atoms with Gasteiger partial charge in [0.2, 0.25) is 0 Å². The Morgan fingerprint density at radius 1 is 1.21 bits per heavy atom. The summed E-state index contributed by atoms with van der Waals surface area (Å²) < 4.78 is 6.37. The number of methoxy groups -OCH3 is 1. The summed E-state index contributed by atoms with van der Waals surface area (Å²) in [5, 5.41) is 3.60. The first kappa shape index (κ1) is 14.6. The first-order valence-electron chi connectivity index (χ1n) is 6.34. The van der Waals surface area contributed by atoms with Crippen LogP contribution >= 0.6 is 27.3 Å². The molecule has 1 heterocycles. The summed E-state index contributed by atoms with van der Waals surface area (Å²) >= 11 is 5.27. The lowest BCUT2D eigenvalue weighted by molar-refractivity contribution is 0.414. The highest BCUT2D eigenvalue weighted by molar-refractivity contribution is 9.11. The van der Waals surface area contributed by atoms with E-state index in [4.69, 9.17) is 4.74 Å². The topological polar surface area (TPSA) is 21.3 Å². The normalized spacial score (nSPS) is 12.4. The van der Waals surface area contributed by atoms with Gasteiger partial charge in [0.05, 0.1) is 10.9 Å². The summed E-state index contributed by atoms with van der Waals surface area (Å²) in [6.45, 7) is 3.10. The highest BCUT2D eigenvalue weighted by atomic mass is 79.9. The van der Waals surface area contributed by atoms with Gasteiger partial charge in [-0.15, -0.1) is 11.3 Å². The van der Waals surface area contributed by atoms with Gasteiger partial charge in [0, 0.05) is 17.5 Å². The fourth-order valence-electron chi connectivity index (χ4n) is 2.00. The molecule has 0 saturated carbocycles. The zero-order valence-corrected chi connectivity index (χ0v) is 13.6. The van der Waals surface area contributed by atoms with E-state index in [0.29, 0.717) is 6.04 Å². The van der Waals surface area contributed by atoms with Crippen LogP contribution in [0, 0.1) is 0 Å². The molecule has 0 aliphatic heterocycles. The maximum absolute atomic E-state index is 5.19. The molecule has 0 saturated heterocycles. The summed E-state index contributed by atoms with van der Waals surface area (Å²) in [5.74, 6) is 0.904. The van der Waals surface area contributed by atoms with Crippen molar-refractivity contribution in [2.24, 2.45) is 0 Å². The molecule has 1 aromatic carbocycles. The summed E-state index contributed by atoms with van der Waals surface area (Å²) in [4.78, 5) is 1.35. The second kappa shape index (κ2) is 7.08. The lowest BCUT2D eigenvalue weighted by atomic mass is 10.0. The third-order valence-electron chi connectivity index (χ3n) is 3.08. The number of ether oxygens (including phenoxy) is 1. The second-order valence-corrected chi connectivity index (χ2v) is 6.87. The maximum atomic E-state index is 5.19. The highest BCUT2D eigenvalue weighted by Crippen LogP contribution is 2.24. The van der Waals surface area contributed by atoms with Crippen molar-refractivity contribution < 1.29 is 4.74 Å². The fraction of sp³-hybridized carbons (Fsp3) is 0.333. The highest BCUT2D eigenvalue weighted by Gasteiger charge is 2.09. The van der Waals surface area contributed by atoms with Crippen molar-refractivity contribution in [2.75, 3.05) is 7.11 Å². The van der Waals surface area contributed by atoms with E-state index in [0.717, 1.165) is 18.7 Å². The van der Waals surface area contributed by atoms with Crippen molar-refractivity contribution in [3.8, 4) is 5.75 Å². The molecule has 2 aromatic rings. The quantitative estimate of drug-likeness (QED) is 0.819. The van der Waals surface area contributed by atoms with E-state index in [-0.39, 0.29) is 0 Å². The molecule has 1 unspecified atom stereocenters. The summed E-state index contributed by atoms with van der Waals surface area (Å²) in [6, 6.07) is 12.9. The first-order chi connectivity index (χ1) is 9.22. The monoisotopic (exact) mass is 339 g/mol. The SMILES string of the molecule is CCC(NCc1ccc(Br)s1)c1ccc(OC)cc1. The molecule has 1 atom stereocenters. The van der Waals surface area contributed by atoms with Gasteiger partial charge in [-0.2, -0.15) is 0 Å². The zero-order chi connectivity index (χ0) is 13.7. The molecule has 0 aliphatic carbocycles. The van der Waals surface area contributed by atoms with Gasteiger partial charge in [0.15, 0.2) is 0 Å². The average molecular weight is 340 g/mol. The molecule has 102 valence electrons. The van der Waals surface area contributed by atoms with Crippen molar-refractivity contribution in [3.63, 3.8) is 0 Å². The van der Waals surface area contributed by atoms with Crippen LogP contribution in [0.15, 0.2) is 40.2 Å². The molecule has 2 nitrogen and oxygen atoms in total. The van der Waals surface area contributed by atoms with Crippen LogP contribution in [-0.4, -0.2) is 7.11 Å². The van der Waals surface area contributed by atoms with Crippen LogP contribution in [0.1, 0.15) is 29.8 Å². The number of rotatable bonds is 6. The number of hydrogen-bond donors (Lipinski definition) is 1. The predicted molar refractivity (Wildman–Crippen MR) is 84.9 cm³/mol. The van der Waals surface area contributed by atoms with Gasteiger partial charge in [-0.05, 0) is 52.2 Å². The molecule has 4 heteroatoms. The zero-order valence-electron chi connectivity index (χ0n) is 11.2. The van der Waals surface area contributed by atoms with Crippen molar-refractivity contribution >= 4 is 27.3 Å². The lowest BCUT2D eigenvalue weighted by Crippen LogP contribution is -2.19. The maximum Gasteiger partial charge on any atom is 0.118 e. The van der Waals surface area contributed by atoms with E-state index in [1.807, 2.05) is 12.1 Å². The Bertz CT molecular complexity index is 509. The van der Waals surface area contributed by atoms with E-state index in [2.05, 4.69) is 52.4 Å². The summed E-state index contributed by atoms with van der Waals surface area (Å²) in [6.07, 6.45) is 1.07. The van der Waals surface area contributed by atoms with Gasteiger partial charge in [-0.25, -0.2) is 0 Å². The molecule has 0 bridgehead atoms. The standard InChI is InChI=1S/C15H18BrNOS/c1-3-14(11-4-6-12(18-2)7-5-11)17-10-13-8-9-15(16)19-13/h4-9,14,17H,3,10H2,1-2H3. The van der Waals surface area contributed by atoms with Gasteiger partial charge in [-0.1, -0.05) is 19.1 Å². The minimum Gasteiger partial charge on any atom is -0.497 e. The summed E-state index contributed by atoms with van der Waals surface area (Å²) in [5.41, 5.74) is 1.30. The number of thiophene rings is 1. The van der Waals surface area contributed by atoms with E-state index in [1.165, 1.54) is 14.2 Å². The Hall–Kier alpha value is -0.840. The Kier molecular flexibility index (Phi) is 5.43. The predicted octanol–water partition coefficient (Wildman–Crippen LogP) is 4.76. The van der Waals surface area contributed by atoms with Gasteiger partial charge in [0.25, 0.3) is 0 Å². The number of benzene rings is 1. The van der Waals surface area contributed by atoms with Gasteiger partial charge in [-0.3, -0.25) is 0 Å². The van der Waals surface area contributed by atoms with Crippen LogP contribution in [0.2, 0.25) is 0 Å². The Morgan fingerprint density at radius 2 is 1.95 bits per heavy atom. The van der Waals surface area contributed by atoms with Crippen molar-refractivity contribution in [2.45, 2.75) is 25.9 Å². The molecule has 2 rings (SSSR count). The van der Waals surface area contributed by atoms with Crippen molar-refractivity contribution in [1.82, 2.24) is 5.32 Å². The lowest BCUT2D eigenvalue weighted by Gasteiger charge is -2.17. The van der Waals surface area contributed by atoms with Gasteiger partial charge < -0.3 is 10.1 Å². The van der Waals surface area contributed by atoms with E-state index >= 15 is 0 Å². The molecule has 0 spiro atoms. The molecule has 1 aromatic heterocycles. The molecule has 0 fully saturated rings. The minimum atomic E-state index is 0.381. The van der Waals surface area contributed by atoms with E-state index in [9.17, 15) is 0 Å². The van der Waals surface area contributed by atoms with Crippen LogP contribution < -0.4 is 10.1 Å². The molecule has 0 radical (unpaired) electrons. The van der Waals surface area contributed by atoms with E-state index in [1.54, 1.807) is 18.4 Å². The number of halogens is 1. The molecule has 1 N–H and O–H groups in total. The molecular weight excluding hydrogens is 322 g/mol. The third-order valence-corrected chi connectivity index (χ3v) is 4.70. The molecule has 0 amide bonds. The minimum absolute atomic E-state index is 0.381. The third kappa shape index (κ3) is 4.06. The number of nitrogens with one attached hydrogen (secondary N) is 1. The average Bonchev–Trinajstić information content (AvgIpc) is 2.86. The van der Waals surface area contributed by atoms with Crippen LogP contribution in [0.4, 0.5) is 0 Å². The first-order valence-corrected chi connectivity index (χ1v) is 7.95. The van der Waals surface area contributed by atoms with Gasteiger partial charge in [0.1, 0.15) is 5.75 Å². The fourth-order valence-corrected chi connectivity index (χ4v) is 3.44. The van der Waals surface area contributed by atoms with Crippen LogP contribution in [-0.2, 0) is 6.54 Å². The van der Waals surface area contributed by atoms with Crippen molar-refractivity contribution in [3.05, 3.63) is 50.6 Å². The van der Waals surface area contributed by atoms with Gasteiger partial charge >= 0.3 is 0 Å². The molecule has 0 aliphatic rings. The van der Waals surface area contributed by atoms with Crippen molar-refractivity contribution in [1.29, 1.82) is 0 Å². The largest absolute Gasteiger partial charge is 0.497 e. The second-order valence-electron chi connectivity index (χ2n) is 4.32. The number of hydrogen-bond acceptors (Lipinski definition) is 3. The smallest absolute Gasteiger partial charge is 0.118 e. The molecule has 19 heavy (non-hydrogen) atoms. The molecular formula is C15H18BrNOS.